The molecule has 0 amide bonds. The van der Waals surface area contributed by atoms with E-state index in [1.165, 1.54) is 0 Å². The largest absolute Gasteiger partial charge is 0.480 e. The van der Waals surface area contributed by atoms with Gasteiger partial charge >= 0.3 is 11.9 Å². The van der Waals surface area contributed by atoms with E-state index in [1.54, 1.807) is 12.2 Å². The quantitative estimate of drug-likeness (QED) is 0.785. The number of allylic oxidation sites excluding steroid dienone is 3. The molecule has 5 heteroatoms. The summed E-state index contributed by atoms with van der Waals surface area (Å²) in [6.45, 7) is 0.154. The highest BCUT2D eigenvalue weighted by atomic mass is 16.5. The molecule has 1 aliphatic rings. The Labute approximate surface area is 129 Å². The van der Waals surface area contributed by atoms with Gasteiger partial charge in [0.05, 0.1) is 5.41 Å². The fourth-order valence-corrected chi connectivity index (χ4v) is 2.40. The summed E-state index contributed by atoms with van der Waals surface area (Å²) in [4.78, 5) is 23.5. The van der Waals surface area contributed by atoms with Gasteiger partial charge in [0.2, 0.25) is 0 Å². The fourth-order valence-electron chi connectivity index (χ4n) is 2.40. The zero-order valence-corrected chi connectivity index (χ0v) is 12.1. The topological polar surface area (TPSA) is 89.6 Å². The van der Waals surface area contributed by atoms with Crippen molar-refractivity contribution in [2.24, 2.45) is 11.1 Å². The lowest BCUT2D eigenvalue weighted by atomic mass is 9.76. The van der Waals surface area contributed by atoms with Gasteiger partial charge in [-0.25, -0.2) is 0 Å². The fraction of sp³-hybridized carbons (Fsp3) is 0.294. The number of aliphatic carboxylic acids is 1. The molecule has 0 aromatic heterocycles. The van der Waals surface area contributed by atoms with Crippen molar-refractivity contribution in [2.75, 3.05) is 0 Å². The Bertz CT molecular complexity index is 594. The number of carboxylic acid groups (broad SMARTS) is 1. The lowest BCUT2D eigenvalue weighted by Gasteiger charge is -2.30. The first-order valence-electron chi connectivity index (χ1n) is 7.07. The molecule has 5 nitrogen and oxygen atoms in total. The average Bonchev–Trinajstić information content (AvgIpc) is 2.54. The second-order valence-corrected chi connectivity index (χ2v) is 5.36. The van der Waals surface area contributed by atoms with Gasteiger partial charge in [0.15, 0.2) is 0 Å². The van der Waals surface area contributed by atoms with Gasteiger partial charge in [-0.3, -0.25) is 9.59 Å². The molecule has 0 spiro atoms. The van der Waals surface area contributed by atoms with Crippen LogP contribution in [-0.4, -0.2) is 23.1 Å². The Hall–Kier alpha value is -2.40. The van der Waals surface area contributed by atoms with E-state index in [9.17, 15) is 9.59 Å². The lowest BCUT2D eigenvalue weighted by molar-refractivity contribution is -0.155. The summed E-state index contributed by atoms with van der Waals surface area (Å²) >= 11 is 0. The molecular formula is C17H19NO4. The minimum atomic E-state index is -1.13. The zero-order valence-electron chi connectivity index (χ0n) is 12.1. The molecule has 0 radical (unpaired) electrons. The van der Waals surface area contributed by atoms with Gasteiger partial charge in [-0.15, -0.1) is 0 Å². The first-order chi connectivity index (χ1) is 10.5. The van der Waals surface area contributed by atoms with Gasteiger partial charge in [0.25, 0.3) is 0 Å². The molecule has 0 saturated carbocycles. The van der Waals surface area contributed by atoms with Crippen LogP contribution in [0.1, 0.15) is 18.4 Å². The molecular weight excluding hydrogens is 282 g/mol. The van der Waals surface area contributed by atoms with E-state index in [4.69, 9.17) is 15.6 Å². The summed E-state index contributed by atoms with van der Waals surface area (Å²) in [5.74, 6) is -1.58. The number of carbonyl (C=O) groups excluding carboxylic acids is 1. The number of nitrogens with two attached hydrogens (primary N) is 1. The Kier molecular flexibility index (Phi) is 5.12. The molecule has 1 aromatic carbocycles. The average molecular weight is 301 g/mol. The van der Waals surface area contributed by atoms with Crippen molar-refractivity contribution in [3.8, 4) is 0 Å². The van der Waals surface area contributed by atoms with E-state index in [1.807, 2.05) is 42.5 Å². The van der Waals surface area contributed by atoms with Crippen LogP contribution in [0.3, 0.4) is 0 Å². The van der Waals surface area contributed by atoms with E-state index in [2.05, 4.69) is 0 Å². The van der Waals surface area contributed by atoms with Crippen LogP contribution in [0.2, 0.25) is 0 Å². The zero-order chi connectivity index (χ0) is 16.0. The maximum Gasteiger partial charge on any atom is 0.320 e. The first kappa shape index (κ1) is 16.0. The normalized spacial score (nSPS) is 21.3. The summed E-state index contributed by atoms with van der Waals surface area (Å²) in [5, 5.41) is 9.00. The van der Waals surface area contributed by atoms with Crippen molar-refractivity contribution in [1.29, 1.82) is 0 Å². The molecule has 1 aromatic rings. The minimum absolute atomic E-state index is 0.0107. The highest BCUT2D eigenvalue weighted by molar-refractivity contribution is 5.82. The van der Waals surface area contributed by atoms with Crippen molar-refractivity contribution in [3.05, 3.63) is 60.2 Å². The summed E-state index contributed by atoms with van der Waals surface area (Å²) in [6, 6.07) is 8.22. The summed E-state index contributed by atoms with van der Waals surface area (Å²) in [5.41, 5.74) is 5.48. The maximum atomic E-state index is 12.5. The standard InChI is InChI=1S/C17H19NO4/c18-14(15(19)20)11-17(9-5-2-6-10-17)16(21)22-12-13-7-3-1-4-8-13/h1-9,14H,10-12,18H2,(H,19,20)/t14-,17?/m0/s1. The molecule has 1 aliphatic carbocycles. The molecule has 0 saturated heterocycles. The number of carbonyl (C=O) groups is 2. The second-order valence-electron chi connectivity index (χ2n) is 5.36. The number of hydrogen-bond donors (Lipinski definition) is 2. The van der Waals surface area contributed by atoms with Gasteiger partial charge in [0, 0.05) is 0 Å². The predicted octanol–water partition coefficient (Wildman–Crippen LogP) is 2.03. The van der Waals surface area contributed by atoms with Crippen LogP contribution in [0.25, 0.3) is 0 Å². The number of hydrogen-bond acceptors (Lipinski definition) is 4. The van der Waals surface area contributed by atoms with Crippen LogP contribution in [-0.2, 0) is 20.9 Å². The third-order valence-electron chi connectivity index (χ3n) is 3.67. The van der Waals surface area contributed by atoms with Crippen LogP contribution in [0.15, 0.2) is 54.6 Å². The highest BCUT2D eigenvalue weighted by Gasteiger charge is 2.40. The van der Waals surface area contributed by atoms with Crippen LogP contribution in [0.5, 0.6) is 0 Å². The van der Waals surface area contributed by atoms with E-state index >= 15 is 0 Å². The highest BCUT2D eigenvalue weighted by Crippen LogP contribution is 2.34. The second kappa shape index (κ2) is 7.04. The van der Waals surface area contributed by atoms with Gasteiger partial charge in [-0.1, -0.05) is 54.6 Å². The number of esters is 1. The van der Waals surface area contributed by atoms with E-state index in [0.717, 1.165) is 5.56 Å². The van der Waals surface area contributed by atoms with Gasteiger partial charge in [-0.2, -0.15) is 0 Å². The first-order valence-corrected chi connectivity index (χ1v) is 7.07. The van der Waals surface area contributed by atoms with Crippen LogP contribution in [0, 0.1) is 5.41 Å². The summed E-state index contributed by atoms with van der Waals surface area (Å²) < 4.78 is 5.38. The minimum Gasteiger partial charge on any atom is -0.480 e. The Morgan fingerprint density at radius 2 is 2.00 bits per heavy atom. The van der Waals surface area contributed by atoms with Crippen LogP contribution < -0.4 is 5.73 Å². The Balaban J connectivity index is 2.08. The molecule has 0 heterocycles. The van der Waals surface area contributed by atoms with E-state index in [-0.39, 0.29) is 13.0 Å². The molecule has 22 heavy (non-hydrogen) atoms. The van der Waals surface area contributed by atoms with Gasteiger partial charge in [-0.05, 0) is 18.4 Å². The molecule has 0 aliphatic heterocycles. The van der Waals surface area contributed by atoms with Gasteiger partial charge in [0.1, 0.15) is 12.6 Å². The smallest absolute Gasteiger partial charge is 0.320 e. The van der Waals surface area contributed by atoms with Crippen molar-refractivity contribution < 1.29 is 19.4 Å². The number of benzene rings is 1. The van der Waals surface area contributed by atoms with Crippen molar-refractivity contribution >= 4 is 11.9 Å². The summed E-state index contributed by atoms with van der Waals surface area (Å²) in [7, 11) is 0. The lowest BCUT2D eigenvalue weighted by Crippen LogP contribution is -2.41. The molecule has 0 fully saturated rings. The number of rotatable bonds is 6. The molecule has 2 rings (SSSR count). The number of ether oxygens (including phenoxy) is 1. The summed E-state index contributed by atoms with van der Waals surface area (Å²) in [6.07, 6.45) is 7.44. The van der Waals surface area contributed by atoms with Crippen molar-refractivity contribution in [2.45, 2.75) is 25.5 Å². The molecule has 1 unspecified atom stereocenters. The monoisotopic (exact) mass is 301 g/mol. The van der Waals surface area contributed by atoms with Crippen LogP contribution in [0.4, 0.5) is 0 Å². The van der Waals surface area contributed by atoms with Crippen molar-refractivity contribution in [1.82, 2.24) is 0 Å². The van der Waals surface area contributed by atoms with E-state index in [0.29, 0.717) is 6.42 Å². The Morgan fingerprint density at radius 3 is 2.59 bits per heavy atom. The van der Waals surface area contributed by atoms with Crippen molar-refractivity contribution in [3.63, 3.8) is 0 Å². The van der Waals surface area contributed by atoms with Gasteiger partial charge < -0.3 is 15.6 Å². The maximum absolute atomic E-state index is 12.5. The third-order valence-corrected chi connectivity index (χ3v) is 3.67. The molecule has 2 atom stereocenters. The Morgan fingerprint density at radius 1 is 1.27 bits per heavy atom. The third kappa shape index (κ3) is 3.83. The van der Waals surface area contributed by atoms with E-state index < -0.39 is 23.4 Å². The number of carboxylic acids is 1. The SMILES string of the molecule is N[C@@H](CC1(C(=O)OCc2ccccc2)C=CC=CC1)C(=O)O. The van der Waals surface area contributed by atoms with Crippen LogP contribution >= 0.6 is 0 Å². The predicted molar refractivity (Wildman–Crippen MR) is 81.8 cm³/mol. The molecule has 0 bridgehead atoms. The molecule has 116 valence electrons. The molecule has 3 N–H and O–H groups in total.